The first-order valence-electron chi connectivity index (χ1n) is 15.1. The van der Waals surface area contributed by atoms with E-state index in [0.717, 1.165) is 0 Å². The summed E-state index contributed by atoms with van der Waals surface area (Å²) in [6.07, 6.45) is -10.8. The van der Waals surface area contributed by atoms with Gasteiger partial charge in [0.1, 0.15) is 18.3 Å². The standard InChI is InChI=1S/C35H36O12/c1-3-19-41-34-28(26(37)25(36)20-42-34)47-35-30(46-33(40)24-17-11-6-12-18-24)29(45-32(39)23-15-9-5-10-16-23)27(21(2)43-35)44-31(38)22-13-7-4-8-14-22/h3-18,21,25-30,34-37H,1,19-20H2,2H3/t21-,25-,26-,27-,28+,29+,30+,34+,35-/m0/s1. The lowest BCUT2D eigenvalue weighted by molar-refractivity contribution is -0.350. The predicted molar refractivity (Wildman–Crippen MR) is 164 cm³/mol. The van der Waals surface area contributed by atoms with Crippen molar-refractivity contribution in [3.05, 3.63) is 120 Å². The zero-order valence-corrected chi connectivity index (χ0v) is 25.5. The molecule has 12 heteroatoms. The normalized spacial score (nSPS) is 28.9. The molecule has 2 fully saturated rings. The van der Waals surface area contributed by atoms with E-state index in [4.69, 9.17) is 33.2 Å². The molecule has 0 aromatic heterocycles. The second kappa shape index (κ2) is 15.9. The number of ether oxygens (including phenoxy) is 7. The number of carbonyl (C=O) groups excluding carboxylic acids is 3. The first kappa shape index (κ1) is 33.9. The third kappa shape index (κ3) is 8.30. The van der Waals surface area contributed by atoms with Crippen LogP contribution in [0.15, 0.2) is 104 Å². The fourth-order valence-corrected chi connectivity index (χ4v) is 5.17. The fourth-order valence-electron chi connectivity index (χ4n) is 5.17. The summed E-state index contributed by atoms with van der Waals surface area (Å²) >= 11 is 0. The molecule has 0 bridgehead atoms. The van der Waals surface area contributed by atoms with E-state index in [9.17, 15) is 24.6 Å². The highest BCUT2D eigenvalue weighted by Crippen LogP contribution is 2.33. The molecule has 2 aliphatic rings. The van der Waals surface area contributed by atoms with Gasteiger partial charge in [0.2, 0.25) is 0 Å². The molecule has 2 saturated heterocycles. The fraction of sp³-hybridized carbons (Fsp3) is 0.343. The Balaban J connectivity index is 1.53. The molecule has 2 aliphatic heterocycles. The number of hydrogen-bond donors (Lipinski definition) is 2. The average molecular weight is 649 g/mol. The highest BCUT2D eigenvalue weighted by molar-refractivity contribution is 5.91. The number of carbonyl (C=O) groups is 3. The zero-order valence-electron chi connectivity index (χ0n) is 25.5. The first-order chi connectivity index (χ1) is 22.8. The first-order valence-corrected chi connectivity index (χ1v) is 15.1. The van der Waals surface area contributed by atoms with Gasteiger partial charge in [-0.3, -0.25) is 0 Å². The Morgan fingerprint density at radius 2 is 1.19 bits per heavy atom. The van der Waals surface area contributed by atoms with Crippen LogP contribution in [0.25, 0.3) is 0 Å². The Labute approximate surface area is 271 Å². The van der Waals surface area contributed by atoms with Gasteiger partial charge >= 0.3 is 17.9 Å². The second-order valence-corrected chi connectivity index (χ2v) is 10.9. The van der Waals surface area contributed by atoms with Crippen molar-refractivity contribution in [1.29, 1.82) is 0 Å². The number of aliphatic hydroxyl groups excluding tert-OH is 2. The summed E-state index contributed by atoms with van der Waals surface area (Å²) in [6.45, 7) is 4.96. The zero-order chi connectivity index (χ0) is 33.3. The van der Waals surface area contributed by atoms with Gasteiger partial charge < -0.3 is 43.4 Å². The highest BCUT2D eigenvalue weighted by Gasteiger charge is 2.54. The number of aliphatic hydroxyl groups is 2. The van der Waals surface area contributed by atoms with Gasteiger partial charge in [-0.25, -0.2) is 14.4 Å². The van der Waals surface area contributed by atoms with Crippen LogP contribution in [0.5, 0.6) is 0 Å². The molecule has 3 aromatic carbocycles. The van der Waals surface area contributed by atoms with Crippen LogP contribution in [0.1, 0.15) is 38.0 Å². The van der Waals surface area contributed by atoms with Crippen LogP contribution in [0.3, 0.4) is 0 Å². The number of hydrogen-bond acceptors (Lipinski definition) is 12. The monoisotopic (exact) mass is 648 g/mol. The van der Waals surface area contributed by atoms with Crippen molar-refractivity contribution < 1.29 is 57.8 Å². The van der Waals surface area contributed by atoms with Gasteiger partial charge in [-0.05, 0) is 43.3 Å². The van der Waals surface area contributed by atoms with E-state index in [1.807, 2.05) is 0 Å². The van der Waals surface area contributed by atoms with Crippen LogP contribution in [-0.4, -0.2) is 96.6 Å². The van der Waals surface area contributed by atoms with E-state index >= 15 is 0 Å². The average Bonchev–Trinajstić information content (AvgIpc) is 3.10. The second-order valence-electron chi connectivity index (χ2n) is 10.9. The summed E-state index contributed by atoms with van der Waals surface area (Å²) in [6, 6.07) is 24.3. The summed E-state index contributed by atoms with van der Waals surface area (Å²) in [7, 11) is 0. The van der Waals surface area contributed by atoms with E-state index in [-0.39, 0.29) is 29.9 Å². The summed E-state index contributed by atoms with van der Waals surface area (Å²) in [5.74, 6) is -2.36. The molecular formula is C35H36O12. The maximum absolute atomic E-state index is 13.5. The molecule has 0 spiro atoms. The summed E-state index contributed by atoms with van der Waals surface area (Å²) < 4.78 is 41.3. The van der Waals surface area contributed by atoms with Gasteiger partial charge in [-0.2, -0.15) is 0 Å². The third-order valence-corrected chi connectivity index (χ3v) is 7.59. The quantitative estimate of drug-likeness (QED) is 0.178. The van der Waals surface area contributed by atoms with Crippen LogP contribution in [0.4, 0.5) is 0 Å². The minimum Gasteiger partial charge on any atom is -0.452 e. The van der Waals surface area contributed by atoms with E-state index in [1.165, 1.54) is 30.3 Å². The SMILES string of the molecule is C=CCO[C@@H]1OC[C@H](O)[C@H](O)[C@H]1O[C@@H]1O[C@@H](C)[C@H](OC(=O)c2ccccc2)[C@@H](OC(=O)c2ccccc2)[C@H]1OC(=O)c1ccccc1. The number of rotatable bonds is 11. The Kier molecular flexibility index (Phi) is 11.5. The van der Waals surface area contributed by atoms with Crippen molar-refractivity contribution in [2.75, 3.05) is 13.2 Å². The number of esters is 3. The van der Waals surface area contributed by atoms with Crippen molar-refractivity contribution in [2.45, 2.75) is 62.2 Å². The smallest absolute Gasteiger partial charge is 0.338 e. The molecule has 2 N–H and O–H groups in total. The van der Waals surface area contributed by atoms with Crippen molar-refractivity contribution in [1.82, 2.24) is 0 Å². The van der Waals surface area contributed by atoms with Gasteiger partial charge in [-0.1, -0.05) is 60.7 Å². The Morgan fingerprint density at radius 1 is 0.723 bits per heavy atom. The maximum Gasteiger partial charge on any atom is 0.338 e. The Morgan fingerprint density at radius 3 is 1.68 bits per heavy atom. The molecule has 248 valence electrons. The molecule has 2 heterocycles. The van der Waals surface area contributed by atoms with E-state index in [0.29, 0.717) is 0 Å². The minimum atomic E-state index is -1.56. The van der Waals surface area contributed by atoms with Gasteiger partial charge in [0.15, 0.2) is 30.9 Å². The molecule has 0 radical (unpaired) electrons. The van der Waals surface area contributed by atoms with Gasteiger partial charge in [0.25, 0.3) is 0 Å². The molecule has 9 atom stereocenters. The Bertz CT molecular complexity index is 1480. The lowest BCUT2D eigenvalue weighted by Crippen LogP contribution is -2.64. The lowest BCUT2D eigenvalue weighted by Gasteiger charge is -2.46. The molecule has 12 nitrogen and oxygen atoms in total. The van der Waals surface area contributed by atoms with Crippen LogP contribution < -0.4 is 0 Å². The molecule has 0 amide bonds. The molecule has 0 aliphatic carbocycles. The van der Waals surface area contributed by atoms with Crippen molar-refractivity contribution >= 4 is 17.9 Å². The van der Waals surface area contributed by atoms with Crippen LogP contribution in [0.2, 0.25) is 0 Å². The molecular weight excluding hydrogens is 612 g/mol. The highest BCUT2D eigenvalue weighted by atomic mass is 16.8. The van der Waals surface area contributed by atoms with Gasteiger partial charge in [0.05, 0.1) is 36.0 Å². The molecule has 47 heavy (non-hydrogen) atoms. The lowest BCUT2D eigenvalue weighted by atomic mass is 9.97. The summed E-state index contributed by atoms with van der Waals surface area (Å²) in [4.78, 5) is 40.2. The maximum atomic E-state index is 13.5. The van der Waals surface area contributed by atoms with Crippen molar-refractivity contribution in [3.63, 3.8) is 0 Å². The summed E-state index contributed by atoms with van der Waals surface area (Å²) in [5, 5.41) is 21.3. The molecule has 0 saturated carbocycles. The minimum absolute atomic E-state index is 0.0243. The van der Waals surface area contributed by atoms with Crippen molar-refractivity contribution in [2.24, 2.45) is 0 Å². The Hall–Kier alpha value is -4.43. The molecule has 3 aromatic rings. The molecule has 5 rings (SSSR count). The van der Waals surface area contributed by atoms with Crippen LogP contribution in [-0.2, 0) is 33.2 Å². The van der Waals surface area contributed by atoms with Crippen molar-refractivity contribution in [3.8, 4) is 0 Å². The van der Waals surface area contributed by atoms with E-state index < -0.39 is 73.2 Å². The predicted octanol–water partition coefficient (Wildman–Crippen LogP) is 3.07. The summed E-state index contributed by atoms with van der Waals surface area (Å²) in [5.41, 5.74) is 0.574. The van der Waals surface area contributed by atoms with Gasteiger partial charge in [0, 0.05) is 0 Å². The molecule has 0 unspecified atom stereocenters. The van der Waals surface area contributed by atoms with E-state index in [2.05, 4.69) is 6.58 Å². The topological polar surface area (TPSA) is 156 Å². The van der Waals surface area contributed by atoms with Crippen LogP contribution >= 0.6 is 0 Å². The van der Waals surface area contributed by atoms with Crippen LogP contribution in [0, 0.1) is 0 Å². The largest absolute Gasteiger partial charge is 0.452 e. The third-order valence-electron chi connectivity index (χ3n) is 7.59. The van der Waals surface area contributed by atoms with Gasteiger partial charge in [-0.15, -0.1) is 6.58 Å². The van der Waals surface area contributed by atoms with E-state index in [1.54, 1.807) is 73.7 Å². The number of benzene rings is 3.